The molecule has 54 heavy (non-hydrogen) atoms. The number of allylic oxidation sites excluding steroid dienone is 8. The van der Waals surface area contributed by atoms with Crippen molar-refractivity contribution in [3.63, 3.8) is 0 Å². The third-order valence-electron chi connectivity index (χ3n) is 11.5. The minimum atomic E-state index is -3.65. The molecule has 3 aromatic rings. The zero-order valence-electron chi connectivity index (χ0n) is 31.2. The number of hydrogen-bond donors (Lipinski definition) is 2. The van der Waals surface area contributed by atoms with Gasteiger partial charge in [-0.05, 0) is 108 Å². The van der Waals surface area contributed by atoms with Crippen molar-refractivity contribution in [3.8, 4) is 11.5 Å². The molecule has 0 spiro atoms. The first kappa shape index (κ1) is 38.8. The summed E-state index contributed by atoms with van der Waals surface area (Å²) in [5.41, 5.74) is 6.07. The minimum Gasteiger partial charge on any atom is -0.405 e. The zero-order valence-corrected chi connectivity index (χ0v) is 33.8. The Morgan fingerprint density at radius 2 is 1.57 bits per heavy atom. The first-order chi connectivity index (χ1) is 26.4. The van der Waals surface area contributed by atoms with E-state index in [0.717, 1.165) is 30.4 Å². The Morgan fingerprint density at radius 3 is 2.33 bits per heavy atom. The molecule has 9 heteroatoms. The van der Waals surface area contributed by atoms with E-state index in [1.165, 1.54) is 55.2 Å². The Labute approximate surface area is 329 Å². The first-order valence-electron chi connectivity index (χ1n) is 19.7. The largest absolute Gasteiger partial charge is 0.512 e. The molecule has 4 bridgehead atoms. The molecule has 3 aromatic carbocycles. The maximum Gasteiger partial charge on any atom is 0.512 e. The highest BCUT2D eigenvalue weighted by atomic mass is 33.1. The molecule has 2 fully saturated rings. The number of fused-ring (bicyclic) bond motifs is 3. The van der Waals surface area contributed by atoms with Gasteiger partial charge in [0.1, 0.15) is 11.5 Å². The predicted molar refractivity (Wildman–Crippen MR) is 227 cm³/mol. The van der Waals surface area contributed by atoms with Gasteiger partial charge >= 0.3 is 7.75 Å². The van der Waals surface area contributed by atoms with Crippen LogP contribution in [-0.2, 0) is 14.8 Å². The fraction of sp³-hybridized carbons (Fsp3) is 0.400. The standard InChI is InChI=1S/C45H53N2O4PS2/c1-34(44(48)46-28-30-53-54-31-29-47-52(49,50-39-17-7-3-8-18-39)51-40-19-9-4-10-20-40)23-24-35-25-26-36-16-13-27-45(33-43(36)45)42-22-12-11-21-41(42)38-15-6-2-5-14-37(35)32-38/h2-12,14-15,17-22,32,34-36,43H,13,16,23-31,33H2,1H3,(H,46,48)(H,47,49)/b5-2-,6-2?,14-5?,15-6-,37-14+,37-32?,38-15?,38-32+. The summed E-state index contributed by atoms with van der Waals surface area (Å²) in [6.45, 7) is 3.13. The van der Waals surface area contributed by atoms with E-state index in [2.05, 4.69) is 78.0 Å². The first-order valence-corrected chi connectivity index (χ1v) is 23.7. The maximum absolute atomic E-state index is 13.6. The molecule has 6 nitrogen and oxygen atoms in total. The minimum absolute atomic E-state index is 0.0482. The van der Waals surface area contributed by atoms with Gasteiger partial charge in [-0.2, -0.15) is 0 Å². The van der Waals surface area contributed by atoms with Gasteiger partial charge in [-0.3, -0.25) is 4.79 Å². The Hall–Kier alpha value is -3.42. The fourth-order valence-corrected chi connectivity index (χ4v) is 12.0. The van der Waals surface area contributed by atoms with E-state index in [-0.39, 0.29) is 11.8 Å². The van der Waals surface area contributed by atoms with Crippen LogP contribution < -0.4 is 19.5 Å². The van der Waals surface area contributed by atoms with Crippen LogP contribution in [-0.4, -0.2) is 30.5 Å². The monoisotopic (exact) mass is 780 g/mol. The maximum atomic E-state index is 13.6. The highest BCUT2D eigenvalue weighted by Gasteiger charge is 2.60. The number of nitrogens with one attached hydrogen (secondary N) is 2. The highest BCUT2D eigenvalue weighted by Crippen LogP contribution is 2.66. The van der Waals surface area contributed by atoms with Crippen molar-refractivity contribution in [2.24, 2.45) is 23.7 Å². The van der Waals surface area contributed by atoms with Gasteiger partial charge in [-0.1, -0.05) is 138 Å². The van der Waals surface area contributed by atoms with Crippen molar-refractivity contribution < 1.29 is 18.4 Å². The molecule has 5 unspecified atom stereocenters. The van der Waals surface area contributed by atoms with Crippen molar-refractivity contribution in [1.82, 2.24) is 10.4 Å². The van der Waals surface area contributed by atoms with E-state index in [1.54, 1.807) is 51.4 Å². The van der Waals surface area contributed by atoms with Gasteiger partial charge in [-0.15, -0.1) is 0 Å². The third-order valence-corrected chi connectivity index (χ3v) is 15.5. The molecule has 1 amide bonds. The Balaban J connectivity index is 0.873. The van der Waals surface area contributed by atoms with Crippen LogP contribution in [0.15, 0.2) is 127 Å². The molecular weight excluding hydrogens is 728 g/mol. The molecule has 4 aliphatic rings. The molecule has 2 N–H and O–H groups in total. The number of para-hydroxylation sites is 2. The summed E-state index contributed by atoms with van der Waals surface area (Å²) < 4.78 is 25.2. The number of rotatable bonds is 16. The Bertz CT molecular complexity index is 1850. The fourth-order valence-electron chi connectivity index (χ4n) is 8.70. The van der Waals surface area contributed by atoms with Crippen LogP contribution in [0.5, 0.6) is 11.5 Å². The topological polar surface area (TPSA) is 76.7 Å². The second kappa shape index (κ2) is 18.5. The second-order valence-corrected chi connectivity index (χ2v) is 19.5. The second-order valence-electron chi connectivity index (χ2n) is 15.1. The van der Waals surface area contributed by atoms with Crippen LogP contribution in [0.2, 0.25) is 0 Å². The van der Waals surface area contributed by atoms with Gasteiger partial charge in [0.25, 0.3) is 0 Å². The van der Waals surface area contributed by atoms with Crippen LogP contribution in [0, 0.1) is 23.7 Å². The van der Waals surface area contributed by atoms with Crippen LogP contribution in [0.1, 0.15) is 69.4 Å². The normalized spacial score (nSPS) is 26.6. The summed E-state index contributed by atoms with van der Waals surface area (Å²) in [6, 6.07) is 27.3. The van der Waals surface area contributed by atoms with Crippen molar-refractivity contribution in [2.45, 2.75) is 63.7 Å². The van der Waals surface area contributed by atoms with Crippen molar-refractivity contribution >= 4 is 40.8 Å². The van der Waals surface area contributed by atoms with Crippen molar-refractivity contribution in [2.75, 3.05) is 24.6 Å². The molecule has 0 aliphatic heterocycles. The van der Waals surface area contributed by atoms with Crippen molar-refractivity contribution in [3.05, 3.63) is 138 Å². The van der Waals surface area contributed by atoms with Gasteiger partial charge in [0.15, 0.2) is 0 Å². The lowest BCUT2D eigenvalue weighted by molar-refractivity contribution is -0.124. The quantitative estimate of drug-likeness (QED) is 0.0851. The number of amides is 1. The summed E-state index contributed by atoms with van der Waals surface area (Å²) >= 11 is 0. The molecule has 7 rings (SSSR count). The lowest BCUT2D eigenvalue weighted by Crippen LogP contribution is -2.31. The lowest BCUT2D eigenvalue weighted by Gasteiger charge is -2.31. The summed E-state index contributed by atoms with van der Waals surface area (Å²) in [7, 11) is -0.284. The molecule has 4 aliphatic carbocycles. The summed E-state index contributed by atoms with van der Waals surface area (Å²) in [6.07, 6.45) is 23.3. The summed E-state index contributed by atoms with van der Waals surface area (Å²) in [5.74, 6) is 4.56. The van der Waals surface area contributed by atoms with Crippen LogP contribution >= 0.6 is 29.3 Å². The van der Waals surface area contributed by atoms with Gasteiger partial charge < -0.3 is 14.4 Å². The van der Waals surface area contributed by atoms with Gasteiger partial charge in [0, 0.05) is 30.5 Å². The molecule has 2 saturated carbocycles. The third kappa shape index (κ3) is 9.87. The lowest BCUT2D eigenvalue weighted by atomic mass is 9.74. The predicted octanol–water partition coefficient (Wildman–Crippen LogP) is 11.4. The number of carbonyl (C=O) groups excluding carboxylic acids is 1. The Morgan fingerprint density at radius 1 is 0.870 bits per heavy atom. The smallest absolute Gasteiger partial charge is 0.405 e. The summed E-state index contributed by atoms with van der Waals surface area (Å²) in [4.78, 5) is 13.2. The average Bonchev–Trinajstić information content (AvgIpc) is 3.93. The SMILES string of the molecule is CC(CCC1CCC2CCCC3(CC23)c2ccccc2C2=C/C1=C\C=C/C=C\2)C(=O)NCCSSCCNP(=O)(Oc1ccccc1)Oc1ccccc1. The van der Waals surface area contributed by atoms with Crippen molar-refractivity contribution in [1.29, 1.82) is 0 Å². The van der Waals surface area contributed by atoms with E-state index in [1.807, 2.05) is 36.4 Å². The molecule has 5 atom stereocenters. The molecule has 0 aromatic heterocycles. The van der Waals surface area contributed by atoms with Crippen LogP contribution in [0.25, 0.3) is 5.57 Å². The van der Waals surface area contributed by atoms with E-state index in [9.17, 15) is 9.36 Å². The number of benzene rings is 3. The Kier molecular flexibility index (Phi) is 13.3. The molecule has 0 heterocycles. The van der Waals surface area contributed by atoms with E-state index in [4.69, 9.17) is 9.05 Å². The molecular formula is C45H53N2O4PS2. The van der Waals surface area contributed by atoms with Gasteiger partial charge in [0.05, 0.1) is 0 Å². The van der Waals surface area contributed by atoms with Crippen LogP contribution in [0.4, 0.5) is 0 Å². The van der Waals surface area contributed by atoms with Crippen LogP contribution in [0.3, 0.4) is 0 Å². The number of hydrogen-bond acceptors (Lipinski definition) is 6. The molecule has 0 saturated heterocycles. The molecule has 284 valence electrons. The zero-order chi connectivity index (χ0) is 37.2. The summed E-state index contributed by atoms with van der Waals surface area (Å²) in [5, 5.41) is 6.19. The van der Waals surface area contributed by atoms with Gasteiger partial charge in [-0.25, -0.2) is 9.65 Å². The van der Waals surface area contributed by atoms with Gasteiger partial charge in [0.2, 0.25) is 5.91 Å². The average molecular weight is 781 g/mol. The highest BCUT2D eigenvalue weighted by molar-refractivity contribution is 8.76. The van der Waals surface area contributed by atoms with E-state index in [0.29, 0.717) is 41.7 Å². The number of carbonyl (C=O) groups is 1. The molecule has 0 radical (unpaired) electrons. The van der Waals surface area contributed by atoms with E-state index < -0.39 is 7.75 Å². The van der Waals surface area contributed by atoms with E-state index >= 15 is 0 Å².